The van der Waals surface area contributed by atoms with Crippen LogP contribution in [0.25, 0.3) is 0 Å². The zero-order valence-corrected chi connectivity index (χ0v) is 12.5. The number of halogens is 2. The van der Waals surface area contributed by atoms with Gasteiger partial charge in [0, 0.05) is 11.9 Å². The first-order chi connectivity index (χ1) is 10.0. The van der Waals surface area contributed by atoms with Crippen LogP contribution in [-0.4, -0.2) is 12.0 Å². The molecule has 2 aromatic carbocycles. The summed E-state index contributed by atoms with van der Waals surface area (Å²) in [6.45, 7) is 0. The number of nitro groups is 1. The summed E-state index contributed by atoms with van der Waals surface area (Å²) >= 11 is 11.8. The third-order valence-corrected chi connectivity index (χ3v) is 3.33. The average Bonchev–Trinajstić information content (AvgIpc) is 2.49. The predicted octanol–water partition coefficient (Wildman–Crippen LogP) is 4.79. The molecule has 0 saturated heterocycles. The molecule has 0 atom stereocenters. The van der Waals surface area contributed by atoms with Crippen LogP contribution < -0.4 is 9.47 Å². The standard InChI is InChI=1S/C14H11Cl2NO4/c1-20-14-7-10(17(18)19)3-5-13(14)21-12-4-2-9(8-15)6-11(12)16/h2-7H,8H2,1H3. The van der Waals surface area contributed by atoms with Crippen LogP contribution in [0.1, 0.15) is 5.56 Å². The van der Waals surface area contributed by atoms with E-state index in [-0.39, 0.29) is 11.4 Å². The largest absolute Gasteiger partial charge is 0.493 e. The summed E-state index contributed by atoms with van der Waals surface area (Å²) in [6, 6.07) is 9.24. The van der Waals surface area contributed by atoms with E-state index in [0.717, 1.165) is 5.56 Å². The van der Waals surface area contributed by atoms with Crippen LogP contribution in [0.4, 0.5) is 5.69 Å². The van der Waals surface area contributed by atoms with E-state index in [1.54, 1.807) is 18.2 Å². The van der Waals surface area contributed by atoms with Crippen molar-refractivity contribution < 1.29 is 14.4 Å². The van der Waals surface area contributed by atoms with E-state index in [0.29, 0.717) is 22.4 Å². The lowest BCUT2D eigenvalue weighted by Crippen LogP contribution is -1.94. The van der Waals surface area contributed by atoms with Gasteiger partial charge in [0.15, 0.2) is 11.5 Å². The molecule has 0 radical (unpaired) electrons. The Bertz CT molecular complexity index is 676. The van der Waals surface area contributed by atoms with E-state index in [9.17, 15) is 10.1 Å². The van der Waals surface area contributed by atoms with E-state index in [1.165, 1.54) is 25.3 Å². The molecule has 0 saturated carbocycles. The second kappa shape index (κ2) is 6.65. The van der Waals surface area contributed by atoms with E-state index in [4.69, 9.17) is 32.7 Å². The van der Waals surface area contributed by atoms with Crippen molar-refractivity contribution in [2.75, 3.05) is 7.11 Å². The molecular weight excluding hydrogens is 317 g/mol. The van der Waals surface area contributed by atoms with E-state index < -0.39 is 4.92 Å². The van der Waals surface area contributed by atoms with Gasteiger partial charge in [0.25, 0.3) is 5.69 Å². The highest BCUT2D eigenvalue weighted by molar-refractivity contribution is 6.32. The van der Waals surface area contributed by atoms with Crippen LogP contribution in [0, 0.1) is 10.1 Å². The molecule has 0 aliphatic carbocycles. The Balaban J connectivity index is 2.33. The fourth-order valence-electron chi connectivity index (χ4n) is 1.68. The number of ether oxygens (including phenoxy) is 2. The molecule has 0 bridgehead atoms. The van der Waals surface area contributed by atoms with Gasteiger partial charge >= 0.3 is 0 Å². The zero-order chi connectivity index (χ0) is 15.4. The first-order valence-corrected chi connectivity index (χ1v) is 6.81. The molecule has 0 spiro atoms. The number of hydrogen-bond acceptors (Lipinski definition) is 4. The van der Waals surface area contributed by atoms with Crippen molar-refractivity contribution in [2.24, 2.45) is 0 Å². The predicted molar refractivity (Wildman–Crippen MR) is 80.7 cm³/mol. The maximum absolute atomic E-state index is 10.7. The fourth-order valence-corrected chi connectivity index (χ4v) is 2.09. The summed E-state index contributed by atoms with van der Waals surface area (Å²) in [4.78, 5) is 10.2. The summed E-state index contributed by atoms with van der Waals surface area (Å²) in [5.41, 5.74) is 0.785. The van der Waals surface area contributed by atoms with Crippen molar-refractivity contribution in [3.8, 4) is 17.2 Å². The SMILES string of the molecule is COc1cc([N+](=O)[O-])ccc1Oc1ccc(CCl)cc1Cl. The molecule has 5 nitrogen and oxygen atoms in total. The molecule has 2 aromatic rings. The Hall–Kier alpha value is -1.98. The van der Waals surface area contributed by atoms with Crippen molar-refractivity contribution in [3.05, 3.63) is 57.1 Å². The number of alkyl halides is 1. The molecule has 0 aromatic heterocycles. The van der Waals surface area contributed by atoms with Gasteiger partial charge in [0.05, 0.1) is 23.1 Å². The Labute approximate surface area is 131 Å². The van der Waals surface area contributed by atoms with Crippen molar-refractivity contribution in [1.82, 2.24) is 0 Å². The number of non-ortho nitro benzene ring substituents is 1. The summed E-state index contributed by atoms with van der Waals surface area (Å²) in [6.07, 6.45) is 0. The lowest BCUT2D eigenvalue weighted by Gasteiger charge is -2.11. The maximum atomic E-state index is 10.7. The van der Waals surface area contributed by atoms with Crippen molar-refractivity contribution in [2.45, 2.75) is 5.88 Å². The molecule has 0 fully saturated rings. The zero-order valence-electron chi connectivity index (χ0n) is 11.0. The van der Waals surface area contributed by atoms with Crippen molar-refractivity contribution in [1.29, 1.82) is 0 Å². The van der Waals surface area contributed by atoms with Gasteiger partial charge in [-0.15, -0.1) is 11.6 Å². The number of rotatable bonds is 5. The Morgan fingerprint density at radius 3 is 2.43 bits per heavy atom. The Morgan fingerprint density at radius 1 is 1.14 bits per heavy atom. The molecule has 0 heterocycles. The normalized spacial score (nSPS) is 10.2. The average molecular weight is 328 g/mol. The molecule has 7 heteroatoms. The Kier molecular flexibility index (Phi) is 4.88. The summed E-state index contributed by atoms with van der Waals surface area (Å²) in [5.74, 6) is 1.35. The number of methoxy groups -OCH3 is 1. The lowest BCUT2D eigenvalue weighted by molar-refractivity contribution is -0.384. The van der Waals surface area contributed by atoms with Crippen LogP contribution >= 0.6 is 23.2 Å². The molecule has 0 amide bonds. The van der Waals surface area contributed by atoms with Crippen molar-refractivity contribution in [3.63, 3.8) is 0 Å². The molecule has 0 aliphatic rings. The number of benzene rings is 2. The third kappa shape index (κ3) is 3.56. The number of nitrogens with zero attached hydrogens (tertiary/aromatic N) is 1. The molecule has 2 rings (SSSR count). The summed E-state index contributed by atoms with van der Waals surface area (Å²) in [5, 5.41) is 11.1. The molecule has 0 unspecified atom stereocenters. The Morgan fingerprint density at radius 2 is 1.86 bits per heavy atom. The van der Waals surface area contributed by atoms with Crippen LogP contribution in [0.2, 0.25) is 5.02 Å². The smallest absolute Gasteiger partial charge is 0.273 e. The first-order valence-electron chi connectivity index (χ1n) is 5.90. The van der Waals surface area contributed by atoms with Gasteiger partial charge in [-0.25, -0.2) is 0 Å². The van der Waals surface area contributed by atoms with Gasteiger partial charge in [-0.3, -0.25) is 10.1 Å². The maximum Gasteiger partial charge on any atom is 0.273 e. The minimum absolute atomic E-state index is 0.0808. The summed E-state index contributed by atoms with van der Waals surface area (Å²) in [7, 11) is 1.41. The van der Waals surface area contributed by atoms with Crippen LogP contribution in [0.5, 0.6) is 17.2 Å². The van der Waals surface area contributed by atoms with E-state index in [2.05, 4.69) is 0 Å². The summed E-state index contributed by atoms with van der Waals surface area (Å²) < 4.78 is 10.7. The fraction of sp³-hybridized carbons (Fsp3) is 0.143. The monoisotopic (exact) mass is 327 g/mol. The highest BCUT2D eigenvalue weighted by Gasteiger charge is 2.14. The van der Waals surface area contributed by atoms with Gasteiger partial charge in [-0.05, 0) is 23.8 Å². The quantitative estimate of drug-likeness (QED) is 0.450. The van der Waals surface area contributed by atoms with Gasteiger partial charge in [0.1, 0.15) is 5.75 Å². The molecule has 0 N–H and O–H groups in total. The van der Waals surface area contributed by atoms with E-state index in [1.807, 2.05) is 0 Å². The molecule has 0 aliphatic heterocycles. The number of hydrogen-bond donors (Lipinski definition) is 0. The molecule has 21 heavy (non-hydrogen) atoms. The van der Waals surface area contributed by atoms with Gasteiger partial charge in [-0.2, -0.15) is 0 Å². The lowest BCUT2D eigenvalue weighted by atomic mass is 10.2. The van der Waals surface area contributed by atoms with Gasteiger partial charge in [-0.1, -0.05) is 17.7 Å². The second-order valence-electron chi connectivity index (χ2n) is 4.09. The van der Waals surface area contributed by atoms with Crippen molar-refractivity contribution >= 4 is 28.9 Å². The van der Waals surface area contributed by atoms with Crippen LogP contribution in [-0.2, 0) is 5.88 Å². The van der Waals surface area contributed by atoms with Gasteiger partial charge in [0.2, 0.25) is 0 Å². The van der Waals surface area contributed by atoms with E-state index >= 15 is 0 Å². The van der Waals surface area contributed by atoms with Crippen LogP contribution in [0.3, 0.4) is 0 Å². The molecular formula is C14H11Cl2NO4. The van der Waals surface area contributed by atoms with Crippen LogP contribution in [0.15, 0.2) is 36.4 Å². The minimum atomic E-state index is -0.505. The van der Waals surface area contributed by atoms with Gasteiger partial charge < -0.3 is 9.47 Å². The molecule has 110 valence electrons. The second-order valence-corrected chi connectivity index (χ2v) is 4.77. The highest BCUT2D eigenvalue weighted by atomic mass is 35.5. The highest BCUT2D eigenvalue weighted by Crippen LogP contribution is 2.37. The number of nitro benzene ring substituents is 1. The topological polar surface area (TPSA) is 61.6 Å². The minimum Gasteiger partial charge on any atom is -0.493 e. The first kappa shape index (κ1) is 15.4. The third-order valence-electron chi connectivity index (χ3n) is 2.73.